The molecule has 0 bridgehead atoms. The SMILES string of the molecule is CCOc1ccc(CC(=O)N2CCN(c3ccc(-n4cncn4)nn3)CC2)cc1. The van der Waals surface area contributed by atoms with Crippen molar-refractivity contribution in [2.75, 3.05) is 37.7 Å². The molecule has 0 N–H and O–H groups in total. The van der Waals surface area contributed by atoms with Gasteiger partial charge in [0, 0.05) is 26.2 Å². The molecule has 0 aliphatic carbocycles. The normalized spacial score (nSPS) is 14.1. The summed E-state index contributed by atoms with van der Waals surface area (Å²) < 4.78 is 7.01. The average molecular weight is 393 g/mol. The Labute approximate surface area is 168 Å². The standard InChI is InChI=1S/C20H23N7O2/c1-2-29-17-5-3-16(4-6-17)13-20(28)26-11-9-25(10-12-26)18-7-8-19(24-23-18)27-15-21-14-22-27/h3-8,14-15H,2,9-13H2,1H3. The summed E-state index contributed by atoms with van der Waals surface area (Å²) in [5.74, 6) is 2.39. The maximum Gasteiger partial charge on any atom is 0.227 e. The van der Waals surface area contributed by atoms with Gasteiger partial charge in [-0.05, 0) is 36.8 Å². The highest BCUT2D eigenvalue weighted by molar-refractivity contribution is 5.79. The zero-order valence-electron chi connectivity index (χ0n) is 16.3. The van der Waals surface area contributed by atoms with E-state index in [1.54, 1.807) is 11.0 Å². The predicted octanol–water partition coefficient (Wildman–Crippen LogP) is 1.35. The van der Waals surface area contributed by atoms with Gasteiger partial charge >= 0.3 is 0 Å². The smallest absolute Gasteiger partial charge is 0.227 e. The molecule has 0 spiro atoms. The molecule has 2 aromatic heterocycles. The first kappa shape index (κ1) is 18.9. The molecule has 0 unspecified atom stereocenters. The lowest BCUT2D eigenvalue weighted by atomic mass is 10.1. The highest BCUT2D eigenvalue weighted by atomic mass is 16.5. The van der Waals surface area contributed by atoms with Gasteiger partial charge in [0.05, 0.1) is 13.0 Å². The molecule has 9 nitrogen and oxygen atoms in total. The molecule has 150 valence electrons. The van der Waals surface area contributed by atoms with Gasteiger partial charge in [-0.2, -0.15) is 5.10 Å². The number of aromatic nitrogens is 5. The van der Waals surface area contributed by atoms with E-state index in [2.05, 4.69) is 25.2 Å². The number of ether oxygens (including phenoxy) is 1. The Hall–Kier alpha value is -3.49. The number of anilines is 1. The van der Waals surface area contributed by atoms with Crippen molar-refractivity contribution in [3.8, 4) is 11.6 Å². The van der Waals surface area contributed by atoms with Gasteiger partial charge in [0.25, 0.3) is 0 Å². The van der Waals surface area contributed by atoms with Crippen molar-refractivity contribution < 1.29 is 9.53 Å². The summed E-state index contributed by atoms with van der Waals surface area (Å²) >= 11 is 0. The number of benzene rings is 1. The van der Waals surface area contributed by atoms with Crippen molar-refractivity contribution >= 4 is 11.7 Å². The molecule has 9 heteroatoms. The fourth-order valence-electron chi connectivity index (χ4n) is 3.28. The van der Waals surface area contributed by atoms with Crippen molar-refractivity contribution in [2.24, 2.45) is 0 Å². The lowest BCUT2D eigenvalue weighted by molar-refractivity contribution is -0.130. The largest absolute Gasteiger partial charge is 0.494 e. The van der Waals surface area contributed by atoms with Crippen LogP contribution in [0.15, 0.2) is 49.1 Å². The van der Waals surface area contributed by atoms with Gasteiger partial charge in [0.1, 0.15) is 18.4 Å². The Balaban J connectivity index is 1.30. The molecule has 1 saturated heterocycles. The first-order valence-corrected chi connectivity index (χ1v) is 9.66. The highest BCUT2D eigenvalue weighted by Gasteiger charge is 2.22. The first-order valence-electron chi connectivity index (χ1n) is 9.66. The van der Waals surface area contributed by atoms with Gasteiger partial charge in [0.15, 0.2) is 11.6 Å². The quantitative estimate of drug-likeness (QED) is 0.624. The van der Waals surface area contributed by atoms with Crippen LogP contribution in [0.4, 0.5) is 5.82 Å². The van der Waals surface area contributed by atoms with Crippen LogP contribution in [0.25, 0.3) is 5.82 Å². The average Bonchev–Trinajstić information content (AvgIpc) is 3.31. The van der Waals surface area contributed by atoms with Crippen LogP contribution >= 0.6 is 0 Å². The van der Waals surface area contributed by atoms with E-state index < -0.39 is 0 Å². The van der Waals surface area contributed by atoms with Gasteiger partial charge in [-0.25, -0.2) is 9.67 Å². The van der Waals surface area contributed by atoms with E-state index in [4.69, 9.17) is 4.74 Å². The number of piperazine rings is 1. The zero-order valence-corrected chi connectivity index (χ0v) is 16.3. The van der Waals surface area contributed by atoms with Crippen LogP contribution in [0.3, 0.4) is 0 Å². The second kappa shape index (κ2) is 8.68. The Bertz CT molecular complexity index is 918. The van der Waals surface area contributed by atoms with Crippen molar-refractivity contribution in [3.63, 3.8) is 0 Å². The van der Waals surface area contributed by atoms with Crippen molar-refractivity contribution in [1.82, 2.24) is 29.9 Å². The van der Waals surface area contributed by atoms with Gasteiger partial charge in [-0.15, -0.1) is 10.2 Å². The third kappa shape index (κ3) is 4.50. The summed E-state index contributed by atoms with van der Waals surface area (Å²) in [6.07, 6.45) is 3.44. The Morgan fingerprint density at radius 2 is 1.72 bits per heavy atom. The molecule has 3 aromatic rings. The number of rotatable bonds is 6. The van der Waals surface area contributed by atoms with Crippen LogP contribution in [0.1, 0.15) is 12.5 Å². The Morgan fingerprint density at radius 3 is 2.34 bits per heavy atom. The van der Waals surface area contributed by atoms with E-state index in [0.717, 1.165) is 30.2 Å². The number of carbonyl (C=O) groups is 1. The molecular formula is C20H23N7O2. The molecule has 1 fully saturated rings. The minimum absolute atomic E-state index is 0.140. The molecule has 1 aliphatic rings. The summed E-state index contributed by atoms with van der Waals surface area (Å²) in [6, 6.07) is 11.5. The molecule has 0 saturated carbocycles. The number of hydrogen-bond acceptors (Lipinski definition) is 7. The maximum atomic E-state index is 12.6. The van der Waals surface area contributed by atoms with E-state index in [1.165, 1.54) is 6.33 Å². The summed E-state index contributed by atoms with van der Waals surface area (Å²) in [5, 5.41) is 12.5. The van der Waals surface area contributed by atoms with E-state index in [-0.39, 0.29) is 5.91 Å². The molecule has 4 rings (SSSR count). The molecule has 3 heterocycles. The van der Waals surface area contributed by atoms with Gasteiger partial charge < -0.3 is 14.5 Å². The molecule has 0 atom stereocenters. The third-order valence-electron chi connectivity index (χ3n) is 4.84. The van der Waals surface area contributed by atoms with Gasteiger partial charge in [0.2, 0.25) is 5.91 Å². The monoisotopic (exact) mass is 393 g/mol. The molecule has 1 amide bonds. The Kier molecular flexibility index (Phi) is 5.64. The third-order valence-corrected chi connectivity index (χ3v) is 4.84. The van der Waals surface area contributed by atoms with Crippen molar-refractivity contribution in [3.05, 3.63) is 54.6 Å². The number of nitrogens with zero attached hydrogens (tertiary/aromatic N) is 7. The van der Waals surface area contributed by atoms with Crippen molar-refractivity contribution in [1.29, 1.82) is 0 Å². The molecule has 1 aliphatic heterocycles. The number of amides is 1. The fourth-order valence-corrected chi connectivity index (χ4v) is 3.28. The Morgan fingerprint density at radius 1 is 1.00 bits per heavy atom. The topological polar surface area (TPSA) is 89.3 Å². The lowest BCUT2D eigenvalue weighted by Crippen LogP contribution is -2.49. The van der Waals surface area contributed by atoms with E-state index in [9.17, 15) is 4.79 Å². The van der Waals surface area contributed by atoms with Crippen molar-refractivity contribution in [2.45, 2.75) is 13.3 Å². The predicted molar refractivity (Wildman–Crippen MR) is 107 cm³/mol. The fraction of sp³-hybridized carbons (Fsp3) is 0.350. The van der Waals surface area contributed by atoms with Crippen LogP contribution in [0.5, 0.6) is 5.75 Å². The maximum absolute atomic E-state index is 12.6. The summed E-state index contributed by atoms with van der Waals surface area (Å²) in [5.41, 5.74) is 0.996. The van der Waals surface area contributed by atoms with Crippen LogP contribution in [-0.4, -0.2) is 68.6 Å². The van der Waals surface area contributed by atoms with Crippen LogP contribution in [-0.2, 0) is 11.2 Å². The first-order chi connectivity index (χ1) is 14.2. The second-order valence-corrected chi connectivity index (χ2v) is 6.71. The van der Waals surface area contributed by atoms with Crippen LogP contribution in [0, 0.1) is 0 Å². The number of hydrogen-bond donors (Lipinski definition) is 0. The van der Waals surface area contributed by atoms with E-state index in [1.807, 2.05) is 48.2 Å². The molecule has 29 heavy (non-hydrogen) atoms. The van der Waals surface area contributed by atoms with E-state index >= 15 is 0 Å². The lowest BCUT2D eigenvalue weighted by Gasteiger charge is -2.35. The van der Waals surface area contributed by atoms with Crippen LogP contribution in [0.2, 0.25) is 0 Å². The minimum atomic E-state index is 0.140. The molecular weight excluding hydrogens is 370 g/mol. The highest BCUT2D eigenvalue weighted by Crippen LogP contribution is 2.16. The van der Waals surface area contributed by atoms with Gasteiger partial charge in [-0.3, -0.25) is 4.79 Å². The second-order valence-electron chi connectivity index (χ2n) is 6.71. The summed E-state index contributed by atoms with van der Waals surface area (Å²) in [4.78, 5) is 20.6. The molecule has 0 radical (unpaired) electrons. The van der Waals surface area contributed by atoms with E-state index in [0.29, 0.717) is 31.9 Å². The minimum Gasteiger partial charge on any atom is -0.494 e. The van der Waals surface area contributed by atoms with Gasteiger partial charge in [-0.1, -0.05) is 12.1 Å². The summed E-state index contributed by atoms with van der Waals surface area (Å²) in [7, 11) is 0. The zero-order chi connectivity index (χ0) is 20.1. The van der Waals surface area contributed by atoms with Crippen LogP contribution < -0.4 is 9.64 Å². The molecule has 1 aromatic carbocycles. The summed E-state index contributed by atoms with van der Waals surface area (Å²) in [6.45, 7) is 5.38. The number of carbonyl (C=O) groups excluding carboxylic acids is 1.